The molecule has 5 aromatic rings. The summed E-state index contributed by atoms with van der Waals surface area (Å²) in [5.74, 6) is 0.828. The van der Waals surface area contributed by atoms with E-state index in [9.17, 15) is 0 Å². The van der Waals surface area contributed by atoms with Crippen LogP contribution in [0.4, 0.5) is 0 Å². The van der Waals surface area contributed by atoms with Gasteiger partial charge in [0.2, 0.25) is 0 Å². The van der Waals surface area contributed by atoms with Gasteiger partial charge in [0.1, 0.15) is 13.2 Å². The molecule has 0 bridgehead atoms. The van der Waals surface area contributed by atoms with Gasteiger partial charge in [0.25, 0.3) is 11.8 Å². The zero-order valence-corrected chi connectivity index (χ0v) is 16.9. The highest BCUT2D eigenvalue weighted by Gasteiger charge is 2.11. The van der Waals surface area contributed by atoms with Crippen LogP contribution in [0, 0.1) is 0 Å². The lowest BCUT2D eigenvalue weighted by atomic mass is 10.1. The number of rotatable bonds is 8. The van der Waals surface area contributed by atoms with Crippen LogP contribution in [0.15, 0.2) is 93.8 Å². The second-order valence-electron chi connectivity index (χ2n) is 6.88. The fourth-order valence-electron chi connectivity index (χ4n) is 3.03. The molecule has 2 aromatic heterocycles. The Kier molecular flexibility index (Phi) is 5.56. The highest BCUT2D eigenvalue weighted by molar-refractivity contribution is 5.52. The first-order chi connectivity index (χ1) is 15.8. The molecule has 8 nitrogen and oxygen atoms in total. The minimum Gasteiger partial charge on any atom is -0.444 e. The zero-order valence-electron chi connectivity index (χ0n) is 16.9. The van der Waals surface area contributed by atoms with E-state index >= 15 is 0 Å². The number of nitrogens with zero attached hydrogens (tertiary/aromatic N) is 4. The molecule has 0 amide bonds. The van der Waals surface area contributed by atoms with E-state index in [1.165, 1.54) is 0 Å². The molecule has 158 valence electrons. The number of benzene rings is 3. The van der Waals surface area contributed by atoms with E-state index in [2.05, 4.69) is 20.4 Å². The Balaban J connectivity index is 1.17. The van der Waals surface area contributed by atoms with Crippen molar-refractivity contribution in [2.75, 3.05) is 0 Å². The second kappa shape index (κ2) is 9.13. The van der Waals surface area contributed by atoms with Crippen molar-refractivity contribution in [2.45, 2.75) is 13.2 Å². The van der Waals surface area contributed by atoms with Gasteiger partial charge in [-0.05, 0) is 41.5 Å². The smallest absolute Gasteiger partial charge is 0.415 e. The highest BCUT2D eigenvalue weighted by atomic mass is 16.6. The third-order valence-electron chi connectivity index (χ3n) is 4.57. The molecule has 0 radical (unpaired) electrons. The molecule has 0 saturated heterocycles. The lowest BCUT2D eigenvalue weighted by molar-refractivity contribution is 0.218. The van der Waals surface area contributed by atoms with Crippen LogP contribution in [-0.2, 0) is 13.2 Å². The third-order valence-corrected chi connectivity index (χ3v) is 4.57. The number of aromatic nitrogens is 4. The lowest BCUT2D eigenvalue weighted by Gasteiger charge is -2.05. The van der Waals surface area contributed by atoms with E-state index in [1.54, 1.807) is 0 Å². The molecular formula is C24H18N4O4. The molecule has 0 unspecified atom stereocenters. The molecular weight excluding hydrogens is 408 g/mol. The zero-order chi connectivity index (χ0) is 21.6. The maximum Gasteiger partial charge on any atom is 0.415 e. The minimum atomic E-state index is 0.116. The molecule has 5 rings (SSSR count). The molecule has 0 spiro atoms. The van der Waals surface area contributed by atoms with Gasteiger partial charge in [0, 0.05) is 11.1 Å². The summed E-state index contributed by atoms with van der Waals surface area (Å²) in [4.78, 5) is 0. The standard InChI is InChI=1S/C24H18N4O4/c1-3-10-19(11-4-1)21-25-27-23(31-21)29-15-17-8-7-9-18(14-17)16-30-24-28-26-22(32-24)20-12-5-2-6-13-20/h1-14H,15-16H2. The fourth-order valence-corrected chi connectivity index (χ4v) is 3.03. The van der Waals surface area contributed by atoms with E-state index < -0.39 is 0 Å². The Morgan fingerprint density at radius 2 is 1.00 bits per heavy atom. The molecule has 0 aliphatic rings. The minimum absolute atomic E-state index is 0.116. The van der Waals surface area contributed by atoms with Crippen LogP contribution >= 0.6 is 0 Å². The topological polar surface area (TPSA) is 96.3 Å². The maximum absolute atomic E-state index is 5.64. The summed E-state index contributed by atoms with van der Waals surface area (Å²) in [6, 6.07) is 26.8. The van der Waals surface area contributed by atoms with Crippen molar-refractivity contribution in [1.29, 1.82) is 0 Å². The predicted octanol–water partition coefficient (Wildman–Crippen LogP) is 4.94. The third kappa shape index (κ3) is 4.65. The Morgan fingerprint density at radius 3 is 1.47 bits per heavy atom. The van der Waals surface area contributed by atoms with E-state index in [0.29, 0.717) is 11.8 Å². The summed E-state index contributed by atoms with van der Waals surface area (Å²) in [5.41, 5.74) is 3.54. The molecule has 0 fully saturated rings. The van der Waals surface area contributed by atoms with Crippen LogP contribution in [0.1, 0.15) is 11.1 Å². The van der Waals surface area contributed by atoms with Crippen LogP contribution < -0.4 is 9.47 Å². The van der Waals surface area contributed by atoms with Crippen LogP contribution in [-0.4, -0.2) is 20.4 Å². The normalized spacial score (nSPS) is 10.8. The molecule has 0 atom stereocenters. The number of hydrogen-bond donors (Lipinski definition) is 0. The van der Waals surface area contributed by atoms with Gasteiger partial charge in [-0.25, -0.2) is 0 Å². The number of ether oxygens (including phenoxy) is 2. The van der Waals surface area contributed by atoms with Crippen molar-refractivity contribution >= 4 is 0 Å². The van der Waals surface area contributed by atoms with E-state index in [-0.39, 0.29) is 25.4 Å². The fraction of sp³-hybridized carbons (Fsp3) is 0.0833. The van der Waals surface area contributed by atoms with Crippen LogP contribution in [0.2, 0.25) is 0 Å². The molecule has 2 heterocycles. The van der Waals surface area contributed by atoms with E-state index in [1.807, 2.05) is 84.9 Å². The average molecular weight is 426 g/mol. The van der Waals surface area contributed by atoms with Gasteiger partial charge >= 0.3 is 12.2 Å². The summed E-state index contributed by atoms with van der Waals surface area (Å²) in [6.07, 6.45) is 0.231. The molecule has 0 N–H and O–H groups in total. The largest absolute Gasteiger partial charge is 0.444 e. The Morgan fingerprint density at radius 1 is 0.531 bits per heavy atom. The predicted molar refractivity (Wildman–Crippen MR) is 115 cm³/mol. The first-order valence-corrected chi connectivity index (χ1v) is 9.95. The Hall–Kier alpha value is -4.46. The molecule has 3 aromatic carbocycles. The van der Waals surface area contributed by atoms with Crippen molar-refractivity contribution in [3.8, 4) is 35.1 Å². The van der Waals surface area contributed by atoms with Crippen molar-refractivity contribution in [2.24, 2.45) is 0 Å². The van der Waals surface area contributed by atoms with E-state index in [4.69, 9.17) is 18.3 Å². The first-order valence-electron chi connectivity index (χ1n) is 9.95. The van der Waals surface area contributed by atoms with Crippen molar-refractivity contribution in [1.82, 2.24) is 20.4 Å². The highest BCUT2D eigenvalue weighted by Crippen LogP contribution is 2.22. The molecule has 0 aliphatic heterocycles. The van der Waals surface area contributed by atoms with Crippen LogP contribution in [0.5, 0.6) is 12.2 Å². The molecule has 0 aliphatic carbocycles. The summed E-state index contributed by atoms with van der Waals surface area (Å²) in [6.45, 7) is 0.561. The quantitative estimate of drug-likeness (QED) is 0.344. The summed E-state index contributed by atoms with van der Waals surface area (Å²) >= 11 is 0. The van der Waals surface area contributed by atoms with Gasteiger partial charge in [0.15, 0.2) is 0 Å². The average Bonchev–Trinajstić information content (AvgIpc) is 3.53. The maximum atomic E-state index is 5.64. The molecule has 8 heteroatoms. The first kappa shape index (κ1) is 19.5. The second-order valence-corrected chi connectivity index (χ2v) is 6.88. The summed E-state index contributed by atoms with van der Waals surface area (Å²) in [5, 5.41) is 15.9. The summed E-state index contributed by atoms with van der Waals surface area (Å²) < 4.78 is 22.4. The summed E-state index contributed by atoms with van der Waals surface area (Å²) in [7, 11) is 0. The van der Waals surface area contributed by atoms with Gasteiger partial charge in [-0.1, -0.05) is 64.8 Å². The lowest BCUT2D eigenvalue weighted by Crippen LogP contribution is -1.99. The van der Waals surface area contributed by atoms with Gasteiger partial charge in [-0.15, -0.1) is 10.2 Å². The Labute approximate surface area is 183 Å². The van der Waals surface area contributed by atoms with Crippen molar-refractivity contribution in [3.63, 3.8) is 0 Å². The molecule has 32 heavy (non-hydrogen) atoms. The molecule has 0 saturated carbocycles. The van der Waals surface area contributed by atoms with Gasteiger partial charge < -0.3 is 18.3 Å². The van der Waals surface area contributed by atoms with Gasteiger partial charge in [0.05, 0.1) is 0 Å². The van der Waals surface area contributed by atoms with Crippen molar-refractivity contribution < 1.29 is 18.3 Å². The van der Waals surface area contributed by atoms with E-state index in [0.717, 1.165) is 22.3 Å². The monoisotopic (exact) mass is 426 g/mol. The van der Waals surface area contributed by atoms with Gasteiger partial charge in [-0.3, -0.25) is 0 Å². The SMILES string of the molecule is c1ccc(-c2nnc(OCc3cccc(COc4nnc(-c5ccccc5)o4)c3)o2)cc1. The van der Waals surface area contributed by atoms with Crippen LogP contribution in [0.25, 0.3) is 22.9 Å². The van der Waals surface area contributed by atoms with Crippen LogP contribution in [0.3, 0.4) is 0 Å². The number of hydrogen-bond acceptors (Lipinski definition) is 8. The van der Waals surface area contributed by atoms with Crippen molar-refractivity contribution in [3.05, 3.63) is 96.1 Å². The van der Waals surface area contributed by atoms with Gasteiger partial charge in [-0.2, -0.15) is 0 Å². The Bertz CT molecular complexity index is 1190.